The number of methoxy groups -OCH3 is 1. The average molecular weight is 402 g/mol. The highest BCUT2D eigenvalue weighted by Gasteiger charge is 2.25. The van der Waals surface area contributed by atoms with E-state index in [0.29, 0.717) is 17.1 Å². The lowest BCUT2D eigenvalue weighted by atomic mass is 10.0. The quantitative estimate of drug-likeness (QED) is 0.658. The number of furan rings is 1. The molecule has 2 aromatic rings. The molecule has 29 heavy (non-hydrogen) atoms. The van der Waals surface area contributed by atoms with Gasteiger partial charge < -0.3 is 24.5 Å². The van der Waals surface area contributed by atoms with Crippen LogP contribution in [0, 0.1) is 12.8 Å². The minimum atomic E-state index is -0.783. The predicted molar refractivity (Wildman–Crippen MR) is 105 cm³/mol. The number of carbonyl (C=O) groups is 3. The molecule has 2 N–H and O–H groups in total. The largest absolute Gasteiger partial charge is 0.465 e. The molecule has 156 valence electrons. The Morgan fingerprint density at radius 2 is 1.83 bits per heavy atom. The Bertz CT molecular complexity index is 844. The first-order valence-electron chi connectivity index (χ1n) is 9.24. The van der Waals surface area contributed by atoms with Gasteiger partial charge in [-0.2, -0.15) is 0 Å². The van der Waals surface area contributed by atoms with Crippen LogP contribution in [0.1, 0.15) is 41.3 Å². The number of nitrogens with one attached hydrogen (secondary N) is 2. The molecule has 0 aliphatic rings. The summed E-state index contributed by atoms with van der Waals surface area (Å²) in [5, 5.41) is 5.29. The second kappa shape index (κ2) is 10.3. The summed E-state index contributed by atoms with van der Waals surface area (Å²) in [5.41, 5.74) is 1.16. The van der Waals surface area contributed by atoms with E-state index in [9.17, 15) is 14.4 Å². The summed E-state index contributed by atoms with van der Waals surface area (Å²) in [7, 11) is 1.28. The zero-order valence-corrected chi connectivity index (χ0v) is 17.0. The molecule has 0 spiro atoms. The predicted octanol–water partition coefficient (Wildman–Crippen LogP) is 2.94. The highest BCUT2D eigenvalue weighted by molar-refractivity contribution is 5.90. The molecule has 0 fully saturated rings. The molecule has 1 heterocycles. The van der Waals surface area contributed by atoms with Crippen molar-refractivity contribution in [1.29, 1.82) is 0 Å². The molecule has 1 atom stereocenters. The molecule has 8 heteroatoms. The maximum atomic E-state index is 12.5. The van der Waals surface area contributed by atoms with Gasteiger partial charge in [0.1, 0.15) is 29.7 Å². The topological polar surface area (TPSA) is 107 Å². The third-order valence-electron chi connectivity index (χ3n) is 4.25. The number of hydrogen-bond acceptors (Lipinski definition) is 6. The second-order valence-corrected chi connectivity index (χ2v) is 6.82. The molecule has 2 rings (SSSR count). The highest BCUT2D eigenvalue weighted by atomic mass is 16.5. The van der Waals surface area contributed by atoms with E-state index in [1.54, 1.807) is 6.92 Å². The van der Waals surface area contributed by atoms with Crippen LogP contribution in [-0.2, 0) is 27.4 Å². The maximum absolute atomic E-state index is 12.5. The minimum Gasteiger partial charge on any atom is -0.465 e. The van der Waals surface area contributed by atoms with E-state index in [-0.39, 0.29) is 25.0 Å². The Morgan fingerprint density at radius 1 is 1.14 bits per heavy atom. The van der Waals surface area contributed by atoms with Crippen LogP contribution in [0.4, 0.5) is 4.79 Å². The number of carbonyl (C=O) groups excluding carboxylic acids is 3. The molecule has 0 saturated carbocycles. The van der Waals surface area contributed by atoms with Crippen LogP contribution in [0.25, 0.3) is 0 Å². The molecular formula is C21H26N2O6. The SMILES string of the molecule is COC(=O)c1cc(CNC(=O)[C@@H](NC(=O)OCc2ccccc2)C(C)C)oc1C. The second-order valence-electron chi connectivity index (χ2n) is 6.82. The monoisotopic (exact) mass is 402 g/mol. The standard InChI is InChI=1S/C21H26N2O6/c1-13(2)18(23-21(26)28-12-15-8-6-5-7-9-15)19(24)22-11-16-10-17(14(3)29-16)20(25)27-4/h5-10,13,18H,11-12H2,1-4H3,(H,22,24)(H,23,26)/t18-/m0/s1. The van der Waals surface area contributed by atoms with Gasteiger partial charge in [0.05, 0.1) is 13.7 Å². The van der Waals surface area contributed by atoms with E-state index in [0.717, 1.165) is 5.56 Å². The van der Waals surface area contributed by atoms with Gasteiger partial charge >= 0.3 is 12.1 Å². The summed E-state index contributed by atoms with van der Waals surface area (Å²) in [4.78, 5) is 36.3. The first-order chi connectivity index (χ1) is 13.8. The number of ether oxygens (including phenoxy) is 2. The van der Waals surface area contributed by atoms with E-state index >= 15 is 0 Å². The molecule has 0 unspecified atom stereocenters. The molecule has 0 aliphatic carbocycles. The van der Waals surface area contributed by atoms with Crippen LogP contribution in [0.5, 0.6) is 0 Å². The van der Waals surface area contributed by atoms with E-state index in [1.165, 1.54) is 13.2 Å². The number of amides is 2. The van der Waals surface area contributed by atoms with Crippen LogP contribution in [0.15, 0.2) is 40.8 Å². The van der Waals surface area contributed by atoms with E-state index in [4.69, 9.17) is 9.15 Å². The first-order valence-corrected chi connectivity index (χ1v) is 9.24. The summed E-state index contributed by atoms with van der Waals surface area (Å²) in [6.45, 7) is 5.45. The molecule has 1 aromatic heterocycles. The van der Waals surface area contributed by atoms with Crippen molar-refractivity contribution in [3.8, 4) is 0 Å². The third-order valence-corrected chi connectivity index (χ3v) is 4.25. The Balaban J connectivity index is 1.90. The van der Waals surface area contributed by atoms with Crippen LogP contribution < -0.4 is 10.6 Å². The van der Waals surface area contributed by atoms with Crippen molar-refractivity contribution in [3.63, 3.8) is 0 Å². The number of alkyl carbamates (subject to hydrolysis) is 1. The smallest absolute Gasteiger partial charge is 0.408 e. The average Bonchev–Trinajstić information content (AvgIpc) is 3.09. The summed E-state index contributed by atoms with van der Waals surface area (Å²) in [6.07, 6.45) is -0.676. The van der Waals surface area contributed by atoms with Crippen molar-refractivity contribution >= 4 is 18.0 Å². The number of benzene rings is 1. The van der Waals surface area contributed by atoms with Gasteiger partial charge in [-0.15, -0.1) is 0 Å². The van der Waals surface area contributed by atoms with Crippen LogP contribution in [0.3, 0.4) is 0 Å². The molecule has 0 aliphatic heterocycles. The van der Waals surface area contributed by atoms with E-state index < -0.39 is 18.1 Å². The number of rotatable bonds is 8. The molecule has 0 bridgehead atoms. The first kappa shape index (κ1) is 22.0. The van der Waals surface area contributed by atoms with Gasteiger partial charge in [0.2, 0.25) is 5.91 Å². The molecule has 0 radical (unpaired) electrons. The molecule has 2 amide bonds. The zero-order valence-electron chi connectivity index (χ0n) is 17.0. The molecule has 8 nitrogen and oxygen atoms in total. The van der Waals surface area contributed by atoms with Gasteiger partial charge in [-0.25, -0.2) is 9.59 Å². The number of aryl methyl sites for hydroxylation is 1. The summed E-state index contributed by atoms with van der Waals surface area (Å²) in [6, 6.07) is 9.99. The summed E-state index contributed by atoms with van der Waals surface area (Å²) < 4.78 is 15.3. The van der Waals surface area contributed by atoms with Crippen molar-refractivity contribution in [2.75, 3.05) is 7.11 Å². The van der Waals surface area contributed by atoms with Crippen LogP contribution >= 0.6 is 0 Å². The van der Waals surface area contributed by atoms with Crippen molar-refractivity contribution in [3.05, 3.63) is 59.0 Å². The minimum absolute atomic E-state index is 0.0701. The van der Waals surface area contributed by atoms with Gasteiger partial charge in [-0.1, -0.05) is 44.2 Å². The van der Waals surface area contributed by atoms with Crippen molar-refractivity contribution in [2.45, 2.75) is 40.0 Å². The fourth-order valence-electron chi connectivity index (χ4n) is 2.65. The van der Waals surface area contributed by atoms with Gasteiger partial charge in [-0.05, 0) is 24.5 Å². The van der Waals surface area contributed by atoms with Gasteiger partial charge in [0.25, 0.3) is 0 Å². The molecule has 1 aromatic carbocycles. The third kappa shape index (κ3) is 6.38. The Hall–Kier alpha value is -3.29. The molecular weight excluding hydrogens is 376 g/mol. The van der Waals surface area contributed by atoms with Crippen molar-refractivity contribution in [1.82, 2.24) is 10.6 Å². The normalized spacial score (nSPS) is 11.6. The van der Waals surface area contributed by atoms with Crippen LogP contribution in [-0.4, -0.2) is 31.1 Å². The van der Waals surface area contributed by atoms with Gasteiger partial charge in [0.15, 0.2) is 0 Å². The maximum Gasteiger partial charge on any atom is 0.408 e. The Labute approximate surface area is 169 Å². The number of hydrogen-bond donors (Lipinski definition) is 2. The number of esters is 1. The Morgan fingerprint density at radius 3 is 2.45 bits per heavy atom. The fraction of sp³-hybridized carbons (Fsp3) is 0.381. The van der Waals surface area contributed by atoms with E-state index in [2.05, 4.69) is 15.4 Å². The lowest BCUT2D eigenvalue weighted by molar-refractivity contribution is -0.124. The van der Waals surface area contributed by atoms with Gasteiger partial charge in [0, 0.05) is 0 Å². The summed E-state index contributed by atoms with van der Waals surface area (Å²) in [5.74, 6) is -0.241. The lowest BCUT2D eigenvalue weighted by Gasteiger charge is -2.21. The molecule has 0 saturated heterocycles. The fourth-order valence-corrected chi connectivity index (χ4v) is 2.65. The van der Waals surface area contributed by atoms with Crippen molar-refractivity contribution in [2.24, 2.45) is 5.92 Å². The van der Waals surface area contributed by atoms with Crippen molar-refractivity contribution < 1.29 is 28.3 Å². The van der Waals surface area contributed by atoms with Crippen LogP contribution in [0.2, 0.25) is 0 Å². The lowest BCUT2D eigenvalue weighted by Crippen LogP contribution is -2.49. The van der Waals surface area contributed by atoms with Gasteiger partial charge in [-0.3, -0.25) is 4.79 Å². The zero-order chi connectivity index (χ0) is 21.4. The summed E-state index contributed by atoms with van der Waals surface area (Å²) >= 11 is 0. The Kier molecular flexibility index (Phi) is 7.82. The highest BCUT2D eigenvalue weighted by Crippen LogP contribution is 2.15. The van der Waals surface area contributed by atoms with E-state index in [1.807, 2.05) is 44.2 Å².